The van der Waals surface area contributed by atoms with Crippen molar-refractivity contribution in [2.24, 2.45) is 0 Å². The number of halogens is 3. The molecule has 2 aromatic rings. The predicted octanol–water partition coefficient (Wildman–Crippen LogP) is 4.67. The maximum atomic E-state index is 12.2. The molecule has 2 nitrogen and oxygen atoms in total. The summed E-state index contributed by atoms with van der Waals surface area (Å²) in [5, 5.41) is -0.833. The van der Waals surface area contributed by atoms with Gasteiger partial charge in [0.15, 0.2) is 16.9 Å². The van der Waals surface area contributed by atoms with Gasteiger partial charge in [-0.3, -0.25) is 9.59 Å². The van der Waals surface area contributed by atoms with Crippen LogP contribution in [0.2, 0.25) is 10.0 Å². The summed E-state index contributed by atoms with van der Waals surface area (Å²) in [4.78, 5) is 24.4. The molecule has 0 fully saturated rings. The Hall–Kier alpha value is -1.35. The predicted molar refractivity (Wildman–Crippen MR) is 81.2 cm³/mol. The van der Waals surface area contributed by atoms with Crippen LogP contribution in [0.15, 0.2) is 48.5 Å². The molecule has 0 radical (unpaired) electrons. The second kappa shape index (κ2) is 6.40. The van der Waals surface area contributed by atoms with Crippen LogP contribution in [-0.2, 0) is 0 Å². The standard InChI is InChI=1S/C15H9Cl3O2/c16-11-7-3-1-5-9(11)14(19)13(18)15(20)10-6-2-4-8-12(10)17/h1-8,13H. The third-order valence-corrected chi connectivity index (χ3v) is 3.79. The lowest BCUT2D eigenvalue weighted by molar-refractivity contribution is 0.0900. The Kier molecular flexibility index (Phi) is 4.81. The van der Waals surface area contributed by atoms with Crippen molar-refractivity contribution in [3.8, 4) is 0 Å². The molecule has 0 heterocycles. The average molecular weight is 328 g/mol. The molecule has 20 heavy (non-hydrogen) atoms. The zero-order chi connectivity index (χ0) is 14.7. The van der Waals surface area contributed by atoms with E-state index in [0.717, 1.165) is 0 Å². The van der Waals surface area contributed by atoms with Gasteiger partial charge >= 0.3 is 0 Å². The number of alkyl halides is 1. The molecule has 0 saturated carbocycles. The lowest BCUT2D eigenvalue weighted by Crippen LogP contribution is -2.25. The van der Waals surface area contributed by atoms with Gasteiger partial charge in [-0.25, -0.2) is 0 Å². The summed E-state index contributed by atoms with van der Waals surface area (Å²) in [6.45, 7) is 0. The summed E-state index contributed by atoms with van der Waals surface area (Å²) in [7, 11) is 0. The van der Waals surface area contributed by atoms with E-state index in [-0.39, 0.29) is 21.2 Å². The van der Waals surface area contributed by atoms with Crippen molar-refractivity contribution in [3.63, 3.8) is 0 Å². The van der Waals surface area contributed by atoms with Gasteiger partial charge in [-0.05, 0) is 24.3 Å². The molecular formula is C15H9Cl3O2. The minimum Gasteiger partial charge on any atom is -0.292 e. The Morgan fingerprint density at radius 3 is 1.45 bits per heavy atom. The van der Waals surface area contributed by atoms with Crippen molar-refractivity contribution in [2.45, 2.75) is 5.38 Å². The molecule has 0 unspecified atom stereocenters. The number of ketones is 2. The smallest absolute Gasteiger partial charge is 0.190 e. The van der Waals surface area contributed by atoms with Crippen LogP contribution < -0.4 is 0 Å². The van der Waals surface area contributed by atoms with Crippen molar-refractivity contribution in [2.75, 3.05) is 0 Å². The van der Waals surface area contributed by atoms with Crippen LogP contribution in [0.5, 0.6) is 0 Å². The van der Waals surface area contributed by atoms with Crippen LogP contribution in [0.1, 0.15) is 20.7 Å². The van der Waals surface area contributed by atoms with Crippen LogP contribution in [-0.4, -0.2) is 16.9 Å². The second-order valence-corrected chi connectivity index (χ2v) is 5.30. The fraction of sp³-hybridized carbons (Fsp3) is 0.0667. The Bertz CT molecular complexity index is 610. The van der Waals surface area contributed by atoms with Crippen LogP contribution >= 0.6 is 34.8 Å². The summed E-state index contributed by atoms with van der Waals surface area (Å²) >= 11 is 17.8. The summed E-state index contributed by atoms with van der Waals surface area (Å²) < 4.78 is 0. The third kappa shape index (κ3) is 3.04. The highest BCUT2D eigenvalue weighted by Crippen LogP contribution is 2.23. The van der Waals surface area contributed by atoms with E-state index in [0.29, 0.717) is 0 Å². The number of rotatable bonds is 4. The molecule has 0 N–H and O–H groups in total. The van der Waals surface area contributed by atoms with Gasteiger partial charge in [0.2, 0.25) is 0 Å². The number of Topliss-reactive ketones (excluding diaryl/α,β-unsaturated/α-hetero) is 2. The van der Waals surface area contributed by atoms with Crippen LogP contribution in [0.25, 0.3) is 0 Å². The van der Waals surface area contributed by atoms with Crippen molar-refractivity contribution in [3.05, 3.63) is 69.7 Å². The van der Waals surface area contributed by atoms with E-state index < -0.39 is 16.9 Å². The third-order valence-electron chi connectivity index (χ3n) is 2.74. The highest BCUT2D eigenvalue weighted by molar-refractivity contribution is 6.49. The van der Waals surface area contributed by atoms with Gasteiger partial charge in [-0.2, -0.15) is 0 Å². The normalized spacial score (nSPS) is 10.6. The molecular weight excluding hydrogens is 319 g/mol. The van der Waals surface area contributed by atoms with Crippen LogP contribution in [0.4, 0.5) is 0 Å². The van der Waals surface area contributed by atoms with Gasteiger partial charge in [-0.1, -0.05) is 47.5 Å². The first-order valence-electron chi connectivity index (χ1n) is 5.74. The monoisotopic (exact) mass is 326 g/mol. The Morgan fingerprint density at radius 2 is 1.10 bits per heavy atom. The average Bonchev–Trinajstić information content (AvgIpc) is 2.46. The Morgan fingerprint density at radius 1 is 0.750 bits per heavy atom. The van der Waals surface area contributed by atoms with Crippen LogP contribution in [0, 0.1) is 0 Å². The molecule has 0 aliphatic carbocycles. The molecule has 0 aliphatic rings. The van der Waals surface area contributed by atoms with Crippen LogP contribution in [0.3, 0.4) is 0 Å². The largest absolute Gasteiger partial charge is 0.292 e. The topological polar surface area (TPSA) is 34.1 Å². The molecule has 0 spiro atoms. The van der Waals surface area contributed by atoms with Gasteiger partial charge in [0.05, 0.1) is 10.0 Å². The molecule has 0 saturated heterocycles. The summed E-state index contributed by atoms with van der Waals surface area (Å²) in [6.07, 6.45) is 0. The van der Waals surface area contributed by atoms with Crippen molar-refractivity contribution < 1.29 is 9.59 Å². The number of hydrogen-bond acceptors (Lipinski definition) is 2. The zero-order valence-electron chi connectivity index (χ0n) is 10.1. The first-order chi connectivity index (χ1) is 9.52. The van der Waals surface area contributed by atoms with E-state index in [1.54, 1.807) is 36.4 Å². The fourth-order valence-corrected chi connectivity index (χ4v) is 2.41. The van der Waals surface area contributed by atoms with E-state index >= 15 is 0 Å². The Labute approximate surface area is 131 Å². The lowest BCUT2D eigenvalue weighted by atomic mass is 10.0. The van der Waals surface area contributed by atoms with Gasteiger partial charge < -0.3 is 0 Å². The molecule has 0 bridgehead atoms. The molecule has 0 aliphatic heterocycles. The molecule has 5 heteroatoms. The van der Waals surface area contributed by atoms with E-state index in [4.69, 9.17) is 34.8 Å². The highest BCUT2D eigenvalue weighted by atomic mass is 35.5. The summed E-state index contributed by atoms with van der Waals surface area (Å²) in [5.41, 5.74) is 0.434. The SMILES string of the molecule is O=C(c1ccccc1Cl)C(Cl)C(=O)c1ccccc1Cl. The van der Waals surface area contributed by atoms with Crippen molar-refractivity contribution in [1.82, 2.24) is 0 Å². The highest BCUT2D eigenvalue weighted by Gasteiger charge is 2.28. The fourth-order valence-electron chi connectivity index (χ4n) is 1.71. The van der Waals surface area contributed by atoms with Gasteiger partial charge in [0, 0.05) is 11.1 Å². The van der Waals surface area contributed by atoms with Gasteiger partial charge in [0.1, 0.15) is 0 Å². The summed E-state index contributed by atoms with van der Waals surface area (Å²) in [6, 6.07) is 12.9. The maximum Gasteiger partial charge on any atom is 0.190 e. The minimum absolute atomic E-state index is 0.217. The van der Waals surface area contributed by atoms with Crippen molar-refractivity contribution in [1.29, 1.82) is 0 Å². The van der Waals surface area contributed by atoms with Gasteiger partial charge in [0.25, 0.3) is 0 Å². The molecule has 0 aromatic heterocycles. The number of carbonyl (C=O) groups is 2. The quantitative estimate of drug-likeness (QED) is 0.465. The first-order valence-corrected chi connectivity index (χ1v) is 6.93. The number of benzene rings is 2. The molecule has 2 aromatic carbocycles. The van der Waals surface area contributed by atoms with Gasteiger partial charge in [-0.15, -0.1) is 11.6 Å². The van der Waals surface area contributed by atoms with E-state index in [9.17, 15) is 9.59 Å². The molecule has 2 rings (SSSR count). The minimum atomic E-state index is -1.35. The molecule has 102 valence electrons. The first kappa shape index (κ1) is 15.0. The van der Waals surface area contributed by atoms with E-state index in [2.05, 4.69) is 0 Å². The maximum absolute atomic E-state index is 12.2. The molecule has 0 atom stereocenters. The van der Waals surface area contributed by atoms with Crippen molar-refractivity contribution >= 4 is 46.4 Å². The second-order valence-electron chi connectivity index (χ2n) is 4.05. The Balaban J connectivity index is 2.30. The van der Waals surface area contributed by atoms with E-state index in [1.165, 1.54) is 12.1 Å². The molecule has 0 amide bonds. The summed E-state index contributed by atoms with van der Waals surface area (Å²) in [5.74, 6) is -1.08. The number of hydrogen-bond donors (Lipinski definition) is 0. The van der Waals surface area contributed by atoms with E-state index in [1.807, 2.05) is 0 Å². The lowest BCUT2D eigenvalue weighted by Gasteiger charge is -2.10. The zero-order valence-corrected chi connectivity index (χ0v) is 12.4. The number of carbonyl (C=O) groups excluding carboxylic acids is 2.